The van der Waals surface area contributed by atoms with Crippen LogP contribution in [0.2, 0.25) is 0 Å². The Bertz CT molecular complexity index is 600. The molecule has 0 aliphatic carbocycles. The van der Waals surface area contributed by atoms with Gasteiger partial charge in [-0.25, -0.2) is 4.98 Å². The first-order chi connectivity index (χ1) is 9.40. The molecule has 3 nitrogen and oxygen atoms in total. The number of hydrogen-bond acceptors (Lipinski definition) is 3. The third-order valence-electron chi connectivity index (χ3n) is 2.50. The molecule has 0 saturated carbocycles. The zero-order valence-corrected chi connectivity index (χ0v) is 11.7. The van der Waals surface area contributed by atoms with Crippen molar-refractivity contribution in [2.45, 2.75) is 12.7 Å². The maximum absolute atomic E-state index is 12.9. The normalized spacial score (nSPS) is 11.4. The van der Waals surface area contributed by atoms with Gasteiger partial charge >= 0.3 is 6.18 Å². The number of aromatic nitrogens is 1. The number of alkyl halides is 3. The van der Waals surface area contributed by atoms with Crippen LogP contribution in [0.3, 0.4) is 0 Å². The highest BCUT2D eigenvalue weighted by molar-refractivity contribution is 9.10. The molecule has 0 bridgehead atoms. The van der Waals surface area contributed by atoms with Gasteiger partial charge in [0.15, 0.2) is 0 Å². The van der Waals surface area contributed by atoms with E-state index in [2.05, 4.69) is 20.9 Å². The van der Waals surface area contributed by atoms with Crippen molar-refractivity contribution >= 4 is 15.9 Å². The van der Waals surface area contributed by atoms with E-state index >= 15 is 0 Å². The third kappa shape index (κ3) is 3.49. The molecule has 1 aromatic carbocycles. The lowest BCUT2D eigenvalue weighted by Gasteiger charge is -2.13. The minimum Gasteiger partial charge on any atom is -0.438 e. The summed E-state index contributed by atoms with van der Waals surface area (Å²) < 4.78 is 44.1. The van der Waals surface area contributed by atoms with Gasteiger partial charge in [-0.15, -0.1) is 0 Å². The zero-order valence-electron chi connectivity index (χ0n) is 10.1. The van der Waals surface area contributed by atoms with E-state index in [9.17, 15) is 13.2 Å². The lowest BCUT2D eigenvalue weighted by Crippen LogP contribution is -2.08. The molecule has 0 aliphatic rings. The molecule has 0 atom stereocenters. The first-order valence-electron chi connectivity index (χ1n) is 5.60. The first kappa shape index (κ1) is 14.8. The molecule has 2 rings (SSSR count). The maximum atomic E-state index is 12.9. The number of pyridine rings is 1. The van der Waals surface area contributed by atoms with Crippen LogP contribution in [-0.2, 0) is 12.7 Å². The molecule has 0 radical (unpaired) electrons. The van der Waals surface area contributed by atoms with Gasteiger partial charge in [-0.3, -0.25) is 0 Å². The number of hydrogen-bond donors (Lipinski definition) is 1. The molecular formula is C13H10BrF3N2O. The molecule has 0 spiro atoms. The minimum absolute atomic E-state index is 0.232. The van der Waals surface area contributed by atoms with E-state index in [1.807, 2.05) is 0 Å². The van der Waals surface area contributed by atoms with Crippen molar-refractivity contribution < 1.29 is 17.9 Å². The van der Waals surface area contributed by atoms with E-state index < -0.39 is 17.6 Å². The van der Waals surface area contributed by atoms with E-state index in [1.54, 1.807) is 24.3 Å². The monoisotopic (exact) mass is 346 g/mol. The van der Waals surface area contributed by atoms with Gasteiger partial charge in [0.1, 0.15) is 11.3 Å². The SMILES string of the molecule is NCc1ccc(Oc2ncc(Br)cc2C(F)(F)F)cc1. The topological polar surface area (TPSA) is 48.1 Å². The fraction of sp³-hybridized carbons (Fsp3) is 0.154. The average Bonchev–Trinajstić information content (AvgIpc) is 2.40. The lowest BCUT2D eigenvalue weighted by molar-refractivity contribution is -0.138. The summed E-state index contributed by atoms with van der Waals surface area (Å²) in [6, 6.07) is 7.39. The number of ether oxygens (including phenoxy) is 1. The van der Waals surface area contributed by atoms with Gasteiger partial charge in [-0.1, -0.05) is 12.1 Å². The van der Waals surface area contributed by atoms with Gasteiger partial charge in [0, 0.05) is 17.2 Å². The van der Waals surface area contributed by atoms with Crippen molar-refractivity contribution in [2.75, 3.05) is 0 Å². The first-order valence-corrected chi connectivity index (χ1v) is 6.39. The van der Waals surface area contributed by atoms with E-state index in [1.165, 1.54) is 6.20 Å². The highest BCUT2D eigenvalue weighted by Crippen LogP contribution is 2.38. The van der Waals surface area contributed by atoms with Gasteiger partial charge in [0.2, 0.25) is 5.88 Å². The molecule has 1 aromatic heterocycles. The van der Waals surface area contributed by atoms with Crippen molar-refractivity contribution in [1.29, 1.82) is 0 Å². The Kier molecular flexibility index (Phi) is 4.29. The third-order valence-corrected chi connectivity index (χ3v) is 2.93. The molecule has 1 heterocycles. The van der Waals surface area contributed by atoms with Gasteiger partial charge in [-0.05, 0) is 39.7 Å². The molecule has 0 saturated heterocycles. The van der Waals surface area contributed by atoms with Crippen LogP contribution in [0.5, 0.6) is 11.6 Å². The molecule has 106 valence electrons. The maximum Gasteiger partial charge on any atom is 0.421 e. The van der Waals surface area contributed by atoms with Gasteiger partial charge in [0.25, 0.3) is 0 Å². The molecule has 2 aromatic rings. The largest absolute Gasteiger partial charge is 0.438 e. The van der Waals surface area contributed by atoms with E-state index in [-0.39, 0.29) is 10.2 Å². The summed E-state index contributed by atoms with van der Waals surface area (Å²) in [6.07, 6.45) is -3.29. The van der Waals surface area contributed by atoms with Crippen molar-refractivity contribution in [3.8, 4) is 11.6 Å². The molecule has 0 unspecified atom stereocenters. The highest BCUT2D eigenvalue weighted by atomic mass is 79.9. The Morgan fingerprint density at radius 3 is 2.40 bits per heavy atom. The van der Waals surface area contributed by atoms with E-state index in [4.69, 9.17) is 10.5 Å². The fourth-order valence-corrected chi connectivity index (χ4v) is 1.85. The predicted octanol–water partition coefficient (Wildman–Crippen LogP) is 4.11. The van der Waals surface area contributed by atoms with Crippen LogP contribution in [0.1, 0.15) is 11.1 Å². The molecule has 2 N–H and O–H groups in total. The molecule has 20 heavy (non-hydrogen) atoms. The van der Waals surface area contributed by atoms with Crippen LogP contribution in [0, 0.1) is 0 Å². The minimum atomic E-state index is -4.54. The van der Waals surface area contributed by atoms with Crippen LogP contribution in [-0.4, -0.2) is 4.98 Å². The molecule has 0 aliphatic heterocycles. The summed E-state index contributed by atoms with van der Waals surface area (Å²) in [5.74, 6) is -0.219. The second-order valence-electron chi connectivity index (χ2n) is 3.95. The van der Waals surface area contributed by atoms with Gasteiger partial charge in [-0.2, -0.15) is 13.2 Å². The number of halogens is 4. The number of benzene rings is 1. The van der Waals surface area contributed by atoms with Crippen LogP contribution < -0.4 is 10.5 Å². The quantitative estimate of drug-likeness (QED) is 0.909. The second-order valence-corrected chi connectivity index (χ2v) is 4.87. The Labute approximate surface area is 121 Å². The fourth-order valence-electron chi connectivity index (χ4n) is 1.52. The summed E-state index contributed by atoms with van der Waals surface area (Å²) in [5, 5.41) is 0. The smallest absolute Gasteiger partial charge is 0.421 e. The molecule has 0 amide bonds. The van der Waals surface area contributed by atoms with Crippen molar-refractivity contribution in [3.05, 3.63) is 52.1 Å². The standard InChI is InChI=1S/C13H10BrF3N2O/c14-9-5-11(13(15,16)17)12(19-7-9)20-10-3-1-8(6-18)2-4-10/h1-5,7H,6,18H2. The van der Waals surface area contributed by atoms with Gasteiger partial charge < -0.3 is 10.5 Å². The van der Waals surface area contributed by atoms with Crippen molar-refractivity contribution in [3.63, 3.8) is 0 Å². The summed E-state index contributed by atoms with van der Waals surface area (Å²) in [5.41, 5.74) is 5.37. The van der Waals surface area contributed by atoms with Crippen molar-refractivity contribution in [2.24, 2.45) is 5.73 Å². The van der Waals surface area contributed by atoms with Crippen LogP contribution in [0.4, 0.5) is 13.2 Å². The molecular weight excluding hydrogens is 337 g/mol. The Morgan fingerprint density at radius 1 is 1.20 bits per heavy atom. The molecule has 7 heteroatoms. The molecule has 0 fully saturated rings. The van der Waals surface area contributed by atoms with Crippen LogP contribution >= 0.6 is 15.9 Å². The zero-order chi connectivity index (χ0) is 14.8. The summed E-state index contributed by atoms with van der Waals surface area (Å²) in [4.78, 5) is 3.67. The lowest BCUT2D eigenvalue weighted by atomic mass is 10.2. The van der Waals surface area contributed by atoms with E-state index in [0.29, 0.717) is 6.54 Å². The van der Waals surface area contributed by atoms with Crippen LogP contribution in [0.25, 0.3) is 0 Å². The second kappa shape index (κ2) is 5.80. The number of rotatable bonds is 3. The summed E-state index contributed by atoms with van der Waals surface area (Å²) in [7, 11) is 0. The Hall–Kier alpha value is -1.60. The Morgan fingerprint density at radius 2 is 1.85 bits per heavy atom. The highest BCUT2D eigenvalue weighted by Gasteiger charge is 2.35. The predicted molar refractivity (Wildman–Crippen MR) is 71.3 cm³/mol. The summed E-state index contributed by atoms with van der Waals surface area (Å²) in [6.45, 7) is 0.352. The van der Waals surface area contributed by atoms with Gasteiger partial charge in [0.05, 0.1) is 0 Å². The number of nitrogens with zero attached hydrogens (tertiary/aromatic N) is 1. The summed E-state index contributed by atoms with van der Waals surface area (Å²) >= 11 is 2.96. The van der Waals surface area contributed by atoms with E-state index in [0.717, 1.165) is 11.6 Å². The Balaban J connectivity index is 2.32. The average molecular weight is 347 g/mol. The number of nitrogens with two attached hydrogens (primary N) is 1. The van der Waals surface area contributed by atoms with Crippen molar-refractivity contribution in [1.82, 2.24) is 4.98 Å². The van der Waals surface area contributed by atoms with Crippen LogP contribution in [0.15, 0.2) is 41.0 Å².